The Kier molecular flexibility index (Phi) is 7.51. The van der Waals surface area contributed by atoms with Crippen LogP contribution in [0.4, 0.5) is 4.39 Å². The lowest BCUT2D eigenvalue weighted by Crippen LogP contribution is -2.34. The highest BCUT2D eigenvalue weighted by Crippen LogP contribution is 2.21. The van der Waals surface area contributed by atoms with E-state index in [9.17, 15) is 4.39 Å². The molecule has 1 atom stereocenters. The van der Waals surface area contributed by atoms with Gasteiger partial charge in [0.15, 0.2) is 11.6 Å². The van der Waals surface area contributed by atoms with Crippen molar-refractivity contribution in [2.24, 2.45) is 5.73 Å². The van der Waals surface area contributed by atoms with Gasteiger partial charge in [-0.1, -0.05) is 13.0 Å². The Morgan fingerprint density at radius 3 is 2.65 bits per heavy atom. The minimum Gasteiger partial charge on any atom is -0.494 e. The number of benzene rings is 1. The zero-order valence-corrected chi connectivity index (χ0v) is 12.6. The van der Waals surface area contributed by atoms with E-state index in [1.165, 1.54) is 13.2 Å². The molecule has 20 heavy (non-hydrogen) atoms. The van der Waals surface area contributed by atoms with Crippen LogP contribution in [0.25, 0.3) is 0 Å². The molecule has 0 bridgehead atoms. The number of likely N-dealkylation sites (N-methyl/N-ethyl adjacent to an activating group) is 1. The molecule has 0 aliphatic heterocycles. The predicted octanol–water partition coefficient (Wildman–Crippen LogP) is 2.19. The van der Waals surface area contributed by atoms with Gasteiger partial charge in [-0.05, 0) is 31.2 Å². The van der Waals surface area contributed by atoms with Crippen LogP contribution in [0.5, 0.6) is 5.75 Å². The van der Waals surface area contributed by atoms with Crippen LogP contribution >= 0.6 is 0 Å². The van der Waals surface area contributed by atoms with Crippen LogP contribution in [0, 0.1) is 5.82 Å². The molecular formula is C15H25FN2O2. The van der Waals surface area contributed by atoms with Crippen LogP contribution in [0.1, 0.15) is 25.5 Å². The lowest BCUT2D eigenvalue weighted by atomic mass is 10.1. The maximum Gasteiger partial charge on any atom is 0.165 e. The van der Waals surface area contributed by atoms with E-state index < -0.39 is 0 Å². The maximum atomic E-state index is 13.7. The minimum atomic E-state index is -0.377. The van der Waals surface area contributed by atoms with Crippen LogP contribution in [-0.2, 0) is 4.74 Å². The Hall–Kier alpha value is -1.17. The smallest absolute Gasteiger partial charge is 0.165 e. The molecule has 5 heteroatoms. The van der Waals surface area contributed by atoms with Crippen LogP contribution in [0.15, 0.2) is 18.2 Å². The first-order valence-electron chi connectivity index (χ1n) is 7.01. The normalized spacial score (nSPS) is 12.7. The molecule has 1 rings (SSSR count). The topological polar surface area (TPSA) is 47.7 Å². The Labute approximate surface area is 120 Å². The number of ether oxygens (including phenoxy) is 2. The summed E-state index contributed by atoms with van der Waals surface area (Å²) < 4.78 is 23.9. The molecule has 0 amide bonds. The lowest BCUT2D eigenvalue weighted by molar-refractivity contribution is 0.113. The zero-order valence-electron chi connectivity index (χ0n) is 12.6. The number of methoxy groups -OCH3 is 1. The second kappa shape index (κ2) is 8.89. The van der Waals surface area contributed by atoms with Gasteiger partial charge in [0, 0.05) is 25.7 Å². The van der Waals surface area contributed by atoms with E-state index in [0.29, 0.717) is 19.8 Å². The van der Waals surface area contributed by atoms with Gasteiger partial charge >= 0.3 is 0 Å². The van der Waals surface area contributed by atoms with Crippen molar-refractivity contribution in [3.05, 3.63) is 29.6 Å². The number of halogens is 1. The molecule has 0 saturated heterocycles. The van der Waals surface area contributed by atoms with Crippen molar-refractivity contribution >= 4 is 0 Å². The molecular weight excluding hydrogens is 259 g/mol. The van der Waals surface area contributed by atoms with Crippen molar-refractivity contribution in [2.75, 3.05) is 40.0 Å². The van der Waals surface area contributed by atoms with Crippen molar-refractivity contribution in [2.45, 2.75) is 19.9 Å². The van der Waals surface area contributed by atoms with Gasteiger partial charge in [0.2, 0.25) is 0 Å². The van der Waals surface area contributed by atoms with E-state index in [4.69, 9.17) is 15.2 Å². The third-order valence-electron chi connectivity index (χ3n) is 3.26. The molecule has 1 unspecified atom stereocenters. The molecule has 4 nitrogen and oxygen atoms in total. The molecule has 0 aliphatic carbocycles. The SMILES string of the molecule is CCOCCN(CC)CC(N)c1ccc(OC)c(F)c1. The standard InChI is InChI=1S/C15H25FN2O2/c1-4-18(8-9-20-5-2)11-14(17)12-6-7-15(19-3)13(16)10-12/h6-7,10,14H,4-5,8-9,11,17H2,1-3H3. The fourth-order valence-electron chi connectivity index (χ4n) is 2.01. The van der Waals surface area contributed by atoms with Crippen LogP contribution in [0.2, 0.25) is 0 Å². The molecule has 0 radical (unpaired) electrons. The van der Waals surface area contributed by atoms with E-state index >= 15 is 0 Å². The molecule has 1 aromatic rings. The van der Waals surface area contributed by atoms with Gasteiger partial charge in [0.05, 0.1) is 13.7 Å². The van der Waals surface area contributed by atoms with Crippen molar-refractivity contribution < 1.29 is 13.9 Å². The van der Waals surface area contributed by atoms with E-state index in [-0.39, 0.29) is 17.6 Å². The fourth-order valence-corrected chi connectivity index (χ4v) is 2.01. The van der Waals surface area contributed by atoms with Gasteiger partial charge in [-0.25, -0.2) is 4.39 Å². The summed E-state index contributed by atoms with van der Waals surface area (Å²) in [7, 11) is 1.45. The molecule has 0 heterocycles. The molecule has 0 fully saturated rings. The minimum absolute atomic E-state index is 0.225. The lowest BCUT2D eigenvalue weighted by Gasteiger charge is -2.24. The summed E-state index contributed by atoms with van der Waals surface area (Å²) in [6, 6.07) is 4.64. The van der Waals surface area contributed by atoms with Crippen molar-refractivity contribution in [3.8, 4) is 5.75 Å². The van der Waals surface area contributed by atoms with E-state index in [2.05, 4.69) is 11.8 Å². The molecule has 1 aromatic carbocycles. The van der Waals surface area contributed by atoms with Gasteiger partial charge < -0.3 is 15.2 Å². The van der Waals surface area contributed by atoms with Gasteiger partial charge in [-0.2, -0.15) is 0 Å². The molecule has 0 aromatic heterocycles. The van der Waals surface area contributed by atoms with Crippen molar-refractivity contribution in [3.63, 3.8) is 0 Å². The Balaban J connectivity index is 2.59. The highest BCUT2D eigenvalue weighted by molar-refractivity contribution is 5.31. The number of nitrogens with zero attached hydrogens (tertiary/aromatic N) is 1. The highest BCUT2D eigenvalue weighted by Gasteiger charge is 2.13. The van der Waals surface area contributed by atoms with E-state index in [1.54, 1.807) is 6.07 Å². The van der Waals surface area contributed by atoms with Gasteiger partial charge in [0.1, 0.15) is 0 Å². The summed E-state index contributed by atoms with van der Waals surface area (Å²) in [4.78, 5) is 2.20. The molecule has 0 aliphatic rings. The summed E-state index contributed by atoms with van der Waals surface area (Å²) in [5, 5.41) is 0. The molecule has 0 spiro atoms. The van der Waals surface area contributed by atoms with Crippen LogP contribution in [0.3, 0.4) is 0 Å². The largest absolute Gasteiger partial charge is 0.494 e. The quantitative estimate of drug-likeness (QED) is 0.706. The number of rotatable bonds is 9. The summed E-state index contributed by atoms with van der Waals surface area (Å²) in [6.45, 7) is 7.85. The van der Waals surface area contributed by atoms with Crippen molar-refractivity contribution in [1.29, 1.82) is 0 Å². The van der Waals surface area contributed by atoms with Gasteiger partial charge in [-0.15, -0.1) is 0 Å². The third-order valence-corrected chi connectivity index (χ3v) is 3.26. The highest BCUT2D eigenvalue weighted by atomic mass is 19.1. The molecule has 0 saturated carbocycles. The maximum absolute atomic E-state index is 13.7. The van der Waals surface area contributed by atoms with Gasteiger partial charge in [0.25, 0.3) is 0 Å². The zero-order chi connectivity index (χ0) is 15.0. The van der Waals surface area contributed by atoms with Crippen molar-refractivity contribution in [1.82, 2.24) is 4.90 Å². The van der Waals surface area contributed by atoms with E-state index in [1.807, 2.05) is 13.0 Å². The predicted molar refractivity (Wildman–Crippen MR) is 78.5 cm³/mol. The number of hydrogen-bond acceptors (Lipinski definition) is 4. The fraction of sp³-hybridized carbons (Fsp3) is 0.600. The first-order chi connectivity index (χ1) is 9.62. The number of nitrogens with two attached hydrogens (primary N) is 1. The van der Waals surface area contributed by atoms with Crippen LogP contribution < -0.4 is 10.5 Å². The Bertz CT molecular complexity index is 401. The van der Waals surface area contributed by atoms with Gasteiger partial charge in [-0.3, -0.25) is 4.90 Å². The second-order valence-electron chi connectivity index (χ2n) is 4.59. The van der Waals surface area contributed by atoms with Crippen LogP contribution in [-0.4, -0.2) is 44.9 Å². The number of hydrogen-bond donors (Lipinski definition) is 1. The first-order valence-corrected chi connectivity index (χ1v) is 7.01. The average Bonchev–Trinajstić information content (AvgIpc) is 2.46. The average molecular weight is 284 g/mol. The monoisotopic (exact) mass is 284 g/mol. The summed E-state index contributed by atoms with van der Waals surface area (Å²) >= 11 is 0. The summed E-state index contributed by atoms with van der Waals surface area (Å²) in [5.41, 5.74) is 6.92. The molecule has 2 N–H and O–H groups in total. The van der Waals surface area contributed by atoms with E-state index in [0.717, 1.165) is 18.7 Å². The summed E-state index contributed by atoms with van der Waals surface area (Å²) in [5.74, 6) is -0.137. The summed E-state index contributed by atoms with van der Waals surface area (Å²) in [6.07, 6.45) is 0. The first kappa shape index (κ1) is 16.9. The molecule has 114 valence electrons. The Morgan fingerprint density at radius 2 is 2.10 bits per heavy atom. The second-order valence-corrected chi connectivity index (χ2v) is 4.59. The Morgan fingerprint density at radius 1 is 1.35 bits per heavy atom. The third kappa shape index (κ3) is 5.07.